The fourth-order valence-electron chi connectivity index (χ4n) is 1.55. The quantitative estimate of drug-likeness (QED) is 0.410. The largest absolute Gasteiger partial charge is 0.340 e. The van der Waals surface area contributed by atoms with Crippen LogP contribution in [-0.4, -0.2) is 27.1 Å². The van der Waals surface area contributed by atoms with Crippen molar-refractivity contribution >= 4 is 33.1 Å². The zero-order chi connectivity index (χ0) is 15.9. The Morgan fingerprint density at radius 2 is 1.70 bits per heavy atom. The highest BCUT2D eigenvalue weighted by Gasteiger charge is 2.00. The van der Waals surface area contributed by atoms with Gasteiger partial charge in [0.25, 0.3) is 0 Å². The zero-order valence-electron chi connectivity index (χ0n) is 11.7. The fourth-order valence-corrected chi connectivity index (χ4v) is 3.20. The molecule has 0 amide bonds. The SMILES string of the molecule is O=c1ss/c(=N/N=C/c2cccnc2)n1/N=C/c1cccnc1. The maximum Gasteiger partial charge on any atom is 0.340 e. The first-order valence-electron chi connectivity index (χ1n) is 6.46. The minimum atomic E-state index is -0.217. The van der Waals surface area contributed by atoms with Crippen molar-refractivity contribution in [2.24, 2.45) is 15.3 Å². The molecule has 0 saturated heterocycles. The Hall–Kier alpha value is -2.78. The maximum atomic E-state index is 11.8. The van der Waals surface area contributed by atoms with Crippen LogP contribution < -0.4 is 9.67 Å². The molecule has 7 nitrogen and oxygen atoms in total. The minimum absolute atomic E-state index is 0.217. The Morgan fingerprint density at radius 1 is 1.00 bits per heavy atom. The van der Waals surface area contributed by atoms with E-state index >= 15 is 0 Å². The van der Waals surface area contributed by atoms with Gasteiger partial charge in [-0.3, -0.25) is 14.8 Å². The topological polar surface area (TPSA) is 84.9 Å². The molecule has 0 fully saturated rings. The zero-order valence-corrected chi connectivity index (χ0v) is 13.3. The van der Waals surface area contributed by atoms with Crippen molar-refractivity contribution in [2.75, 3.05) is 0 Å². The van der Waals surface area contributed by atoms with Crippen molar-refractivity contribution in [3.05, 3.63) is 74.6 Å². The average molecular weight is 342 g/mol. The number of hydrogen-bond donors (Lipinski definition) is 0. The van der Waals surface area contributed by atoms with Crippen LogP contribution in [-0.2, 0) is 0 Å². The summed E-state index contributed by atoms with van der Waals surface area (Å²) in [6, 6.07) is 7.30. The van der Waals surface area contributed by atoms with Gasteiger partial charge in [0, 0.05) is 35.9 Å². The molecule has 0 spiro atoms. The first-order chi connectivity index (χ1) is 11.3. The molecule has 0 saturated carbocycles. The van der Waals surface area contributed by atoms with E-state index in [9.17, 15) is 4.79 Å². The molecule has 0 aliphatic rings. The van der Waals surface area contributed by atoms with Gasteiger partial charge < -0.3 is 0 Å². The Kier molecular flexibility index (Phi) is 4.92. The van der Waals surface area contributed by atoms with Crippen molar-refractivity contribution in [1.29, 1.82) is 0 Å². The summed E-state index contributed by atoms with van der Waals surface area (Å²) in [6.07, 6.45) is 9.80. The molecule has 0 radical (unpaired) electrons. The molecule has 3 aromatic heterocycles. The number of pyridine rings is 2. The smallest absolute Gasteiger partial charge is 0.264 e. The molecule has 9 heteroatoms. The van der Waals surface area contributed by atoms with Crippen molar-refractivity contribution in [3.63, 3.8) is 0 Å². The van der Waals surface area contributed by atoms with E-state index < -0.39 is 0 Å². The van der Waals surface area contributed by atoms with Crippen LogP contribution in [0.25, 0.3) is 0 Å². The standard InChI is InChI=1S/C14H10N6OS2/c21-14-20(18-10-12-4-2-6-16-8-12)13(22-23-14)19-17-9-11-3-1-5-15-7-11/h1-10H/b17-9+,18-10+,19-13+. The first kappa shape index (κ1) is 15.1. The van der Waals surface area contributed by atoms with Crippen molar-refractivity contribution < 1.29 is 0 Å². The first-order valence-corrected chi connectivity index (χ1v) is 8.61. The highest BCUT2D eigenvalue weighted by Crippen LogP contribution is 1.95. The molecule has 0 atom stereocenters. The van der Waals surface area contributed by atoms with Gasteiger partial charge in [0.2, 0.25) is 4.80 Å². The van der Waals surface area contributed by atoms with Crippen LogP contribution >= 0.6 is 20.7 Å². The van der Waals surface area contributed by atoms with E-state index in [1.54, 1.807) is 43.3 Å². The molecule has 0 aromatic carbocycles. The van der Waals surface area contributed by atoms with Crippen LogP contribution in [0.4, 0.5) is 0 Å². The van der Waals surface area contributed by atoms with Crippen molar-refractivity contribution in [3.8, 4) is 0 Å². The van der Waals surface area contributed by atoms with Gasteiger partial charge in [-0.25, -0.2) is 0 Å². The van der Waals surface area contributed by atoms with E-state index in [0.29, 0.717) is 4.80 Å². The number of aromatic nitrogens is 3. The summed E-state index contributed by atoms with van der Waals surface area (Å²) in [5.41, 5.74) is 1.62. The molecule has 0 bridgehead atoms. The molecular formula is C14H10N6OS2. The third-order valence-electron chi connectivity index (χ3n) is 2.58. The second-order valence-corrected chi connectivity index (χ2v) is 6.24. The summed E-state index contributed by atoms with van der Waals surface area (Å²) in [5.74, 6) is 0. The third-order valence-corrected chi connectivity index (χ3v) is 4.51. The van der Waals surface area contributed by atoms with Gasteiger partial charge in [-0.15, -0.1) is 5.10 Å². The second-order valence-electron chi connectivity index (χ2n) is 4.19. The lowest BCUT2D eigenvalue weighted by Gasteiger charge is -1.91. The summed E-state index contributed by atoms with van der Waals surface area (Å²) in [6.45, 7) is 0. The Morgan fingerprint density at radius 3 is 2.35 bits per heavy atom. The molecule has 3 aromatic rings. The van der Waals surface area contributed by atoms with Gasteiger partial charge in [0.15, 0.2) is 0 Å². The number of hydrogen-bond acceptors (Lipinski definition) is 8. The average Bonchev–Trinajstić information content (AvgIpc) is 2.95. The van der Waals surface area contributed by atoms with Crippen LogP contribution in [0.3, 0.4) is 0 Å². The van der Waals surface area contributed by atoms with Gasteiger partial charge in [-0.05, 0) is 32.8 Å². The molecule has 23 heavy (non-hydrogen) atoms. The monoisotopic (exact) mass is 342 g/mol. The highest BCUT2D eigenvalue weighted by atomic mass is 32.9. The maximum absolute atomic E-state index is 11.8. The molecular weight excluding hydrogens is 332 g/mol. The fraction of sp³-hybridized carbons (Fsp3) is 0. The summed E-state index contributed by atoms with van der Waals surface area (Å²) in [7, 11) is 2.27. The predicted octanol–water partition coefficient (Wildman–Crippen LogP) is 1.58. The van der Waals surface area contributed by atoms with Crippen LogP contribution in [0.5, 0.6) is 0 Å². The summed E-state index contributed by atoms with van der Waals surface area (Å²) < 4.78 is 1.21. The van der Waals surface area contributed by atoms with Gasteiger partial charge in [-0.1, -0.05) is 12.1 Å². The van der Waals surface area contributed by atoms with E-state index in [1.807, 2.05) is 18.2 Å². The Labute approximate surface area is 138 Å². The molecule has 114 valence electrons. The summed E-state index contributed by atoms with van der Waals surface area (Å²) in [5, 5.41) is 12.2. The predicted molar refractivity (Wildman–Crippen MR) is 91.1 cm³/mol. The number of nitrogens with zero attached hydrogens (tertiary/aromatic N) is 6. The Bertz CT molecular complexity index is 940. The minimum Gasteiger partial charge on any atom is -0.264 e. The van der Waals surface area contributed by atoms with Gasteiger partial charge in [0.1, 0.15) is 0 Å². The van der Waals surface area contributed by atoms with Gasteiger partial charge >= 0.3 is 4.87 Å². The van der Waals surface area contributed by atoms with Gasteiger partial charge in [0.05, 0.1) is 12.4 Å². The van der Waals surface area contributed by atoms with E-state index in [4.69, 9.17) is 0 Å². The van der Waals surface area contributed by atoms with E-state index in [2.05, 4.69) is 25.3 Å². The summed E-state index contributed by atoms with van der Waals surface area (Å²) >= 11 is 0. The van der Waals surface area contributed by atoms with Crippen molar-refractivity contribution in [1.82, 2.24) is 14.6 Å². The molecule has 0 N–H and O–H groups in total. The van der Waals surface area contributed by atoms with Crippen LogP contribution in [0.2, 0.25) is 0 Å². The lowest BCUT2D eigenvalue weighted by atomic mass is 10.3. The molecule has 3 rings (SSSR count). The van der Waals surface area contributed by atoms with Crippen LogP contribution in [0, 0.1) is 0 Å². The molecule has 3 heterocycles. The number of rotatable bonds is 4. The summed E-state index contributed by atoms with van der Waals surface area (Å²) in [4.78, 5) is 20.0. The lowest BCUT2D eigenvalue weighted by molar-refractivity contribution is 0.808. The van der Waals surface area contributed by atoms with Crippen LogP contribution in [0.15, 0.2) is 69.2 Å². The van der Waals surface area contributed by atoms with Crippen LogP contribution in [0.1, 0.15) is 11.1 Å². The van der Waals surface area contributed by atoms with Gasteiger partial charge in [-0.2, -0.15) is 14.9 Å². The van der Waals surface area contributed by atoms with E-state index in [0.717, 1.165) is 21.5 Å². The van der Waals surface area contributed by atoms with Crippen molar-refractivity contribution in [2.45, 2.75) is 0 Å². The molecule has 0 unspecified atom stereocenters. The lowest BCUT2D eigenvalue weighted by Crippen LogP contribution is -2.20. The normalized spacial score (nSPS) is 12.4. The second kappa shape index (κ2) is 7.47. The van der Waals surface area contributed by atoms with E-state index in [1.165, 1.54) is 15.0 Å². The van der Waals surface area contributed by atoms with E-state index in [-0.39, 0.29) is 4.87 Å². The highest BCUT2D eigenvalue weighted by molar-refractivity contribution is 7.67. The third kappa shape index (κ3) is 4.11. The molecule has 0 aliphatic carbocycles. The Balaban J connectivity index is 1.87. The molecule has 0 aliphatic heterocycles.